The van der Waals surface area contributed by atoms with Crippen molar-refractivity contribution in [2.75, 3.05) is 5.75 Å². The van der Waals surface area contributed by atoms with E-state index in [9.17, 15) is 14.0 Å². The average molecular weight is 388 g/mol. The molecular weight excluding hydrogens is 371 g/mol. The molecule has 0 aliphatic carbocycles. The number of nitrogens with zero attached hydrogens (tertiary/aromatic N) is 4. The molecule has 0 saturated carbocycles. The van der Waals surface area contributed by atoms with Crippen molar-refractivity contribution in [2.24, 2.45) is 0 Å². The molecular formula is C17H17FN6O2S. The van der Waals surface area contributed by atoms with Gasteiger partial charge >= 0.3 is 0 Å². The predicted octanol–water partition coefficient (Wildman–Crippen LogP) is 1.36. The van der Waals surface area contributed by atoms with Crippen molar-refractivity contribution in [3.63, 3.8) is 0 Å². The lowest BCUT2D eigenvalue weighted by molar-refractivity contribution is -0.127. The molecule has 0 saturated heterocycles. The fourth-order valence-corrected chi connectivity index (χ4v) is 3.24. The SMILES string of the molecule is Cc1nc2ncnn2c(C)c1CC(=O)NNC(=O)CSc1ccccc1F. The maximum absolute atomic E-state index is 13.5. The summed E-state index contributed by atoms with van der Waals surface area (Å²) < 4.78 is 15.1. The molecule has 10 heteroatoms. The number of benzene rings is 1. The van der Waals surface area contributed by atoms with Gasteiger partial charge in [0.25, 0.3) is 5.78 Å². The van der Waals surface area contributed by atoms with Crippen molar-refractivity contribution in [1.82, 2.24) is 30.4 Å². The Morgan fingerprint density at radius 3 is 2.70 bits per heavy atom. The number of aryl methyl sites for hydroxylation is 2. The summed E-state index contributed by atoms with van der Waals surface area (Å²) >= 11 is 1.05. The molecule has 2 amide bonds. The molecule has 27 heavy (non-hydrogen) atoms. The smallest absolute Gasteiger partial charge is 0.252 e. The number of halogens is 1. The van der Waals surface area contributed by atoms with E-state index in [-0.39, 0.29) is 18.0 Å². The summed E-state index contributed by atoms with van der Waals surface area (Å²) in [5.41, 5.74) is 6.82. The zero-order valence-corrected chi connectivity index (χ0v) is 15.5. The highest BCUT2D eigenvalue weighted by Gasteiger charge is 2.15. The van der Waals surface area contributed by atoms with Crippen molar-refractivity contribution in [2.45, 2.75) is 25.2 Å². The van der Waals surface area contributed by atoms with Gasteiger partial charge in [-0.2, -0.15) is 10.1 Å². The van der Waals surface area contributed by atoms with Gasteiger partial charge in [0.05, 0.1) is 12.2 Å². The molecule has 0 radical (unpaired) electrons. The number of hydrazine groups is 1. The van der Waals surface area contributed by atoms with E-state index in [4.69, 9.17) is 0 Å². The number of hydrogen-bond donors (Lipinski definition) is 2. The summed E-state index contributed by atoms with van der Waals surface area (Å²) in [7, 11) is 0. The minimum absolute atomic E-state index is 0.0221. The molecule has 140 valence electrons. The maximum atomic E-state index is 13.5. The second-order valence-electron chi connectivity index (χ2n) is 5.73. The molecule has 2 aromatic heterocycles. The number of nitrogens with one attached hydrogen (secondary N) is 2. The molecule has 0 aliphatic heterocycles. The zero-order chi connectivity index (χ0) is 19.4. The van der Waals surface area contributed by atoms with Crippen molar-refractivity contribution in [3.05, 3.63) is 53.4 Å². The van der Waals surface area contributed by atoms with E-state index in [1.54, 1.807) is 29.6 Å². The zero-order valence-electron chi connectivity index (χ0n) is 14.7. The average Bonchev–Trinajstić information content (AvgIpc) is 3.11. The number of fused-ring (bicyclic) bond motifs is 1. The largest absolute Gasteiger partial charge is 0.273 e. The first-order chi connectivity index (χ1) is 13.0. The van der Waals surface area contributed by atoms with E-state index < -0.39 is 11.8 Å². The van der Waals surface area contributed by atoms with Gasteiger partial charge in [0.1, 0.15) is 12.1 Å². The maximum Gasteiger partial charge on any atom is 0.252 e. The molecule has 3 aromatic rings. The van der Waals surface area contributed by atoms with E-state index in [1.807, 2.05) is 6.92 Å². The lowest BCUT2D eigenvalue weighted by Crippen LogP contribution is -2.43. The minimum atomic E-state index is -0.435. The van der Waals surface area contributed by atoms with Crippen LogP contribution in [0.15, 0.2) is 35.5 Å². The summed E-state index contributed by atoms with van der Waals surface area (Å²) in [6.45, 7) is 3.61. The van der Waals surface area contributed by atoms with Gasteiger partial charge in [-0.05, 0) is 26.0 Å². The third-order valence-electron chi connectivity index (χ3n) is 3.86. The molecule has 0 fully saturated rings. The lowest BCUT2D eigenvalue weighted by Gasteiger charge is -2.11. The second-order valence-corrected chi connectivity index (χ2v) is 6.74. The van der Waals surface area contributed by atoms with Crippen LogP contribution in [-0.4, -0.2) is 37.1 Å². The van der Waals surface area contributed by atoms with Crippen LogP contribution in [0.25, 0.3) is 5.78 Å². The molecule has 3 rings (SSSR count). The van der Waals surface area contributed by atoms with E-state index in [0.717, 1.165) is 17.5 Å². The summed E-state index contributed by atoms with van der Waals surface area (Å²) in [6.07, 6.45) is 1.42. The fraction of sp³-hybridized carbons (Fsp3) is 0.235. The Bertz CT molecular complexity index is 1010. The lowest BCUT2D eigenvalue weighted by atomic mass is 10.1. The van der Waals surface area contributed by atoms with Crippen LogP contribution < -0.4 is 10.9 Å². The highest BCUT2D eigenvalue weighted by molar-refractivity contribution is 8.00. The number of carbonyl (C=O) groups excluding carboxylic acids is 2. The van der Waals surface area contributed by atoms with Crippen LogP contribution in [0.4, 0.5) is 4.39 Å². The first kappa shape index (κ1) is 18.8. The molecule has 8 nitrogen and oxygen atoms in total. The summed E-state index contributed by atoms with van der Waals surface area (Å²) in [6, 6.07) is 6.18. The van der Waals surface area contributed by atoms with Gasteiger partial charge in [-0.3, -0.25) is 20.4 Å². The van der Waals surface area contributed by atoms with Crippen LogP contribution in [0.3, 0.4) is 0 Å². The van der Waals surface area contributed by atoms with Gasteiger partial charge in [0.2, 0.25) is 11.8 Å². The van der Waals surface area contributed by atoms with Gasteiger partial charge in [0, 0.05) is 21.8 Å². The van der Waals surface area contributed by atoms with Crippen LogP contribution in [-0.2, 0) is 16.0 Å². The normalized spacial score (nSPS) is 10.8. The Hall–Kier alpha value is -3.01. The summed E-state index contributed by atoms with van der Waals surface area (Å²) in [5, 5.41) is 4.07. The Morgan fingerprint density at radius 1 is 1.19 bits per heavy atom. The Labute approximate surface area is 158 Å². The van der Waals surface area contributed by atoms with Crippen LogP contribution in [0.5, 0.6) is 0 Å². The Morgan fingerprint density at radius 2 is 1.93 bits per heavy atom. The first-order valence-electron chi connectivity index (χ1n) is 8.06. The number of thioether (sulfide) groups is 1. The van der Waals surface area contributed by atoms with Crippen LogP contribution >= 0.6 is 11.8 Å². The summed E-state index contributed by atoms with van der Waals surface area (Å²) in [5.74, 6) is -0.776. The first-order valence-corrected chi connectivity index (χ1v) is 9.05. The number of rotatable bonds is 5. The van der Waals surface area contributed by atoms with Crippen LogP contribution in [0.1, 0.15) is 17.0 Å². The monoisotopic (exact) mass is 388 g/mol. The van der Waals surface area contributed by atoms with Crippen molar-refractivity contribution in [3.8, 4) is 0 Å². The molecule has 2 N–H and O–H groups in total. The van der Waals surface area contributed by atoms with Gasteiger partial charge in [-0.1, -0.05) is 12.1 Å². The highest BCUT2D eigenvalue weighted by atomic mass is 32.2. The third kappa shape index (κ3) is 4.40. The molecule has 0 unspecified atom stereocenters. The Balaban J connectivity index is 1.54. The van der Waals surface area contributed by atoms with E-state index >= 15 is 0 Å². The molecule has 0 spiro atoms. The van der Waals surface area contributed by atoms with Gasteiger partial charge in [-0.15, -0.1) is 11.8 Å². The van der Waals surface area contributed by atoms with E-state index in [0.29, 0.717) is 21.9 Å². The van der Waals surface area contributed by atoms with Crippen molar-refractivity contribution < 1.29 is 14.0 Å². The second kappa shape index (κ2) is 8.12. The molecule has 2 heterocycles. The molecule has 0 atom stereocenters. The minimum Gasteiger partial charge on any atom is -0.273 e. The van der Waals surface area contributed by atoms with Gasteiger partial charge < -0.3 is 0 Å². The number of carbonyl (C=O) groups is 2. The predicted molar refractivity (Wildman–Crippen MR) is 97.4 cm³/mol. The van der Waals surface area contributed by atoms with E-state index in [1.165, 1.54) is 12.4 Å². The molecule has 0 aliphatic rings. The topological polar surface area (TPSA) is 101 Å². The third-order valence-corrected chi connectivity index (χ3v) is 4.91. The van der Waals surface area contributed by atoms with Crippen molar-refractivity contribution in [1.29, 1.82) is 0 Å². The fourth-order valence-electron chi connectivity index (χ4n) is 2.50. The van der Waals surface area contributed by atoms with Gasteiger partial charge in [0.15, 0.2) is 0 Å². The van der Waals surface area contributed by atoms with Crippen LogP contribution in [0, 0.1) is 19.7 Å². The summed E-state index contributed by atoms with van der Waals surface area (Å²) in [4.78, 5) is 32.7. The van der Waals surface area contributed by atoms with Crippen molar-refractivity contribution >= 4 is 29.4 Å². The van der Waals surface area contributed by atoms with Crippen LogP contribution in [0.2, 0.25) is 0 Å². The highest BCUT2D eigenvalue weighted by Crippen LogP contribution is 2.20. The Kier molecular flexibility index (Phi) is 5.65. The number of hydrogen-bond acceptors (Lipinski definition) is 6. The molecule has 1 aromatic carbocycles. The standard InChI is InChI=1S/C17H17FN6O2S/c1-10-12(11(2)24-17(21-10)19-9-20-24)7-15(25)22-23-16(26)8-27-14-6-4-3-5-13(14)18/h3-6,9H,7-8H2,1-2H3,(H,22,25)(H,23,26). The quantitative estimate of drug-likeness (QED) is 0.506. The van der Waals surface area contributed by atoms with Gasteiger partial charge in [-0.25, -0.2) is 13.9 Å². The van der Waals surface area contributed by atoms with E-state index in [2.05, 4.69) is 25.9 Å². The number of amides is 2. The number of aromatic nitrogens is 4. The molecule has 0 bridgehead atoms.